The van der Waals surface area contributed by atoms with Gasteiger partial charge in [-0.3, -0.25) is 0 Å². The van der Waals surface area contributed by atoms with Gasteiger partial charge in [0.15, 0.2) is 0 Å². The summed E-state index contributed by atoms with van der Waals surface area (Å²) in [4.78, 5) is 11.6. The molecule has 9 heteroatoms. The van der Waals surface area contributed by atoms with Crippen molar-refractivity contribution in [3.05, 3.63) is 11.6 Å². The number of carbonyl (C=O) groups is 1. The minimum absolute atomic E-state index is 0.0386. The highest BCUT2D eigenvalue weighted by Gasteiger charge is 2.52. The first-order valence-electron chi connectivity index (χ1n) is 6.76. The quantitative estimate of drug-likeness (QED) is 0.737. The zero-order chi connectivity index (χ0) is 17.3. The molecule has 0 fully saturated rings. The second-order valence-electron chi connectivity index (χ2n) is 5.90. The Kier molecular flexibility index (Phi) is 5.34. The largest absolute Gasteiger partial charge is 0.463 e. The average molecular weight is 343 g/mol. The van der Waals surface area contributed by atoms with Crippen molar-refractivity contribution in [1.82, 2.24) is 4.31 Å². The highest BCUT2D eigenvalue weighted by molar-refractivity contribution is 7.90. The van der Waals surface area contributed by atoms with Crippen LogP contribution in [-0.2, 0) is 19.6 Å². The molecule has 0 aromatic heterocycles. The summed E-state index contributed by atoms with van der Waals surface area (Å²) in [6, 6.07) is -2.26. The van der Waals surface area contributed by atoms with Crippen LogP contribution in [0.4, 0.5) is 13.2 Å². The summed E-state index contributed by atoms with van der Waals surface area (Å²) in [5.41, 5.74) is -0.149. The van der Waals surface area contributed by atoms with E-state index in [9.17, 15) is 26.4 Å². The first kappa shape index (κ1) is 19.0. The van der Waals surface area contributed by atoms with E-state index in [1.54, 1.807) is 6.92 Å². The van der Waals surface area contributed by atoms with E-state index < -0.39 is 45.9 Å². The molecule has 0 saturated carbocycles. The fourth-order valence-corrected chi connectivity index (χ4v) is 3.51. The molecule has 0 unspecified atom stereocenters. The zero-order valence-corrected chi connectivity index (χ0v) is 13.7. The van der Waals surface area contributed by atoms with E-state index in [4.69, 9.17) is 0 Å². The Hall–Kier alpha value is -1.09. The van der Waals surface area contributed by atoms with Crippen molar-refractivity contribution in [2.24, 2.45) is 0 Å². The zero-order valence-electron chi connectivity index (χ0n) is 12.9. The molecule has 0 N–H and O–H groups in total. The maximum Gasteiger partial charge on any atom is 0.405 e. The van der Waals surface area contributed by atoms with E-state index in [2.05, 4.69) is 4.74 Å². The van der Waals surface area contributed by atoms with Crippen LogP contribution in [0.25, 0.3) is 0 Å². The number of ether oxygens (including phenoxy) is 1. The van der Waals surface area contributed by atoms with Gasteiger partial charge in [-0.1, -0.05) is 6.08 Å². The van der Waals surface area contributed by atoms with Crippen molar-refractivity contribution >= 4 is 16.0 Å². The summed E-state index contributed by atoms with van der Waals surface area (Å²) >= 11 is 0. The summed E-state index contributed by atoms with van der Waals surface area (Å²) in [5, 5.41) is 0. The van der Waals surface area contributed by atoms with Crippen molar-refractivity contribution < 1.29 is 31.1 Å². The summed E-state index contributed by atoms with van der Waals surface area (Å²) in [7, 11) is -4.18. The Balaban J connectivity index is 3.22. The second-order valence-corrected chi connectivity index (χ2v) is 8.54. The van der Waals surface area contributed by atoms with Crippen LogP contribution >= 0.6 is 0 Å². The lowest BCUT2D eigenvalue weighted by molar-refractivity contribution is -0.172. The molecule has 0 spiro atoms. The minimum atomic E-state index is -4.77. The van der Waals surface area contributed by atoms with Crippen LogP contribution in [0.1, 0.15) is 34.1 Å². The molecule has 0 radical (unpaired) electrons. The molecule has 0 amide bonds. The Morgan fingerprint density at radius 1 is 1.36 bits per heavy atom. The third-order valence-electron chi connectivity index (χ3n) is 3.28. The first-order valence-corrected chi connectivity index (χ1v) is 8.20. The fourth-order valence-electron chi connectivity index (χ4n) is 2.01. The van der Waals surface area contributed by atoms with E-state index in [-0.39, 0.29) is 12.2 Å². The van der Waals surface area contributed by atoms with Crippen molar-refractivity contribution in [1.29, 1.82) is 0 Å². The van der Waals surface area contributed by atoms with Gasteiger partial charge in [0.1, 0.15) is 6.04 Å². The molecular weight excluding hydrogens is 323 g/mol. The summed E-state index contributed by atoms with van der Waals surface area (Å²) in [6.45, 7) is 5.08. The lowest BCUT2D eigenvalue weighted by Gasteiger charge is -2.38. The van der Waals surface area contributed by atoms with E-state index in [0.29, 0.717) is 4.31 Å². The number of esters is 1. The fraction of sp³-hybridized carbons (Fsp3) is 0.769. The molecule has 1 rings (SSSR count). The van der Waals surface area contributed by atoms with Gasteiger partial charge in [0, 0.05) is 18.5 Å². The number of alkyl halides is 3. The Morgan fingerprint density at radius 2 is 1.91 bits per heavy atom. The monoisotopic (exact) mass is 343 g/mol. The summed E-state index contributed by atoms with van der Waals surface area (Å²) in [5.74, 6) is -0.843. The van der Waals surface area contributed by atoms with Gasteiger partial charge in [-0.15, -0.1) is 0 Å². The van der Waals surface area contributed by atoms with Gasteiger partial charge in [-0.05, 0) is 27.7 Å². The first-order chi connectivity index (χ1) is 9.82. The van der Waals surface area contributed by atoms with Gasteiger partial charge in [-0.2, -0.15) is 17.5 Å². The highest BCUT2D eigenvalue weighted by Crippen LogP contribution is 2.36. The molecule has 0 aromatic carbocycles. The van der Waals surface area contributed by atoms with Crippen molar-refractivity contribution in [3.63, 3.8) is 0 Å². The molecule has 1 heterocycles. The lowest BCUT2D eigenvalue weighted by Crippen LogP contribution is -2.55. The predicted octanol–water partition coefficient (Wildman–Crippen LogP) is 2.24. The van der Waals surface area contributed by atoms with Gasteiger partial charge < -0.3 is 4.74 Å². The van der Waals surface area contributed by atoms with Crippen LogP contribution in [0.5, 0.6) is 0 Å². The summed E-state index contributed by atoms with van der Waals surface area (Å²) in [6.07, 6.45) is -4.33. The average Bonchev–Trinajstić information content (AvgIpc) is 2.36. The molecular formula is C13H20F3NO4S. The van der Waals surface area contributed by atoms with E-state index >= 15 is 0 Å². The number of hydrogen-bond acceptors (Lipinski definition) is 4. The third-order valence-corrected chi connectivity index (χ3v) is 5.85. The Morgan fingerprint density at radius 3 is 2.32 bits per heavy atom. The third kappa shape index (κ3) is 3.81. The smallest absolute Gasteiger partial charge is 0.405 e. The molecule has 1 aliphatic rings. The summed E-state index contributed by atoms with van der Waals surface area (Å²) < 4.78 is 68.2. The Bertz CT molecular complexity index is 561. The maximum absolute atomic E-state index is 13.2. The normalized spacial score (nSPS) is 21.4. The molecule has 0 bridgehead atoms. The molecule has 5 nitrogen and oxygen atoms in total. The highest BCUT2D eigenvalue weighted by atomic mass is 32.2. The van der Waals surface area contributed by atoms with Gasteiger partial charge in [-0.25, -0.2) is 13.2 Å². The Labute approximate surface area is 128 Å². The van der Waals surface area contributed by atoms with Crippen LogP contribution < -0.4 is 0 Å². The van der Waals surface area contributed by atoms with E-state index in [1.165, 1.54) is 26.8 Å². The van der Waals surface area contributed by atoms with Crippen LogP contribution in [0.2, 0.25) is 0 Å². The molecule has 1 atom stereocenters. The topological polar surface area (TPSA) is 63.7 Å². The van der Waals surface area contributed by atoms with Crippen LogP contribution in [-0.4, -0.2) is 48.8 Å². The van der Waals surface area contributed by atoms with Gasteiger partial charge in [0.25, 0.3) is 0 Å². The molecule has 128 valence electrons. The van der Waals surface area contributed by atoms with E-state index in [1.807, 2.05) is 0 Å². The van der Waals surface area contributed by atoms with Gasteiger partial charge in [0.2, 0.25) is 10.0 Å². The SMILES string of the molecule is CCOC(=O)C1=CCN(S(=O)(=O)C(C)(C)C)[C@H](C(F)(F)F)C1. The van der Waals surface area contributed by atoms with Crippen LogP contribution in [0, 0.1) is 0 Å². The van der Waals surface area contributed by atoms with Gasteiger partial charge >= 0.3 is 12.1 Å². The molecule has 0 aromatic rings. The predicted molar refractivity (Wildman–Crippen MR) is 74.6 cm³/mol. The molecule has 0 aliphatic carbocycles. The van der Waals surface area contributed by atoms with E-state index in [0.717, 1.165) is 0 Å². The van der Waals surface area contributed by atoms with Crippen molar-refractivity contribution in [2.75, 3.05) is 13.2 Å². The van der Waals surface area contributed by atoms with Crippen molar-refractivity contribution in [2.45, 2.75) is 51.1 Å². The van der Waals surface area contributed by atoms with Gasteiger partial charge in [0.05, 0.1) is 11.4 Å². The molecule has 1 aliphatic heterocycles. The number of nitrogens with zero attached hydrogens (tertiary/aromatic N) is 1. The second kappa shape index (κ2) is 6.19. The maximum atomic E-state index is 13.2. The number of rotatable bonds is 3. The van der Waals surface area contributed by atoms with Crippen LogP contribution in [0.15, 0.2) is 11.6 Å². The molecule has 22 heavy (non-hydrogen) atoms. The lowest BCUT2D eigenvalue weighted by atomic mass is 10.0. The molecule has 0 saturated heterocycles. The standard InChI is InChI=1S/C13H20F3NO4S/c1-5-21-11(18)9-6-7-17(10(8-9)13(14,15)16)22(19,20)12(2,3)4/h6,10H,5,7-8H2,1-4H3/t10-/m0/s1. The number of halogens is 3. The van der Waals surface area contributed by atoms with Crippen LogP contribution in [0.3, 0.4) is 0 Å². The minimum Gasteiger partial charge on any atom is -0.463 e. The number of sulfonamides is 1. The number of hydrogen-bond donors (Lipinski definition) is 0. The number of carbonyl (C=O) groups excluding carboxylic acids is 1. The van der Waals surface area contributed by atoms with Crippen molar-refractivity contribution in [3.8, 4) is 0 Å².